The molecular formula is C20H24N4O3S. The molecule has 148 valence electrons. The van der Waals surface area contributed by atoms with Gasteiger partial charge in [-0.25, -0.2) is 14.5 Å². The van der Waals surface area contributed by atoms with Crippen LogP contribution in [0.5, 0.6) is 0 Å². The van der Waals surface area contributed by atoms with Crippen molar-refractivity contribution in [3.8, 4) is 16.4 Å². The van der Waals surface area contributed by atoms with Crippen molar-refractivity contribution in [3.05, 3.63) is 53.2 Å². The van der Waals surface area contributed by atoms with Crippen LogP contribution in [-0.2, 0) is 11.3 Å². The van der Waals surface area contributed by atoms with Gasteiger partial charge in [0.05, 0.1) is 30.8 Å². The van der Waals surface area contributed by atoms with Gasteiger partial charge in [0.15, 0.2) is 0 Å². The molecule has 1 aromatic carbocycles. The van der Waals surface area contributed by atoms with Crippen LogP contribution in [0.2, 0.25) is 0 Å². The lowest BCUT2D eigenvalue weighted by atomic mass is 10.2. The number of carbonyl (C=O) groups is 1. The molecule has 3 rings (SSSR count). The van der Waals surface area contributed by atoms with E-state index >= 15 is 0 Å². The summed E-state index contributed by atoms with van der Waals surface area (Å²) in [4.78, 5) is 19.2. The number of benzene rings is 1. The molecule has 0 saturated carbocycles. The number of thiazole rings is 1. The lowest BCUT2D eigenvalue weighted by Gasteiger charge is -2.20. The molecule has 0 radical (unpaired) electrons. The molecule has 0 aliphatic heterocycles. The monoisotopic (exact) mass is 400 g/mol. The molecule has 0 amide bonds. The number of hydrogen-bond donors (Lipinski definition) is 1. The maximum atomic E-state index is 12.4. The van der Waals surface area contributed by atoms with Gasteiger partial charge in [-0.2, -0.15) is 5.10 Å². The Hall–Kier alpha value is -2.55. The molecule has 7 nitrogen and oxygen atoms in total. The van der Waals surface area contributed by atoms with Crippen LogP contribution in [0.1, 0.15) is 29.9 Å². The summed E-state index contributed by atoms with van der Waals surface area (Å²) in [6.45, 7) is 5.85. The molecule has 28 heavy (non-hydrogen) atoms. The lowest BCUT2D eigenvalue weighted by molar-refractivity contribution is 0.0523. The summed E-state index contributed by atoms with van der Waals surface area (Å²) in [6, 6.07) is 9.93. The molecule has 0 saturated heterocycles. The second kappa shape index (κ2) is 9.59. The SMILES string of the molecule is CCOC(=O)c1cnn(-c2nc(-c3ccccc3)cs2)c1CN(CC)CCO. The van der Waals surface area contributed by atoms with Crippen LogP contribution in [0.4, 0.5) is 0 Å². The number of hydrogen-bond acceptors (Lipinski definition) is 7. The molecule has 2 aromatic heterocycles. The van der Waals surface area contributed by atoms with E-state index in [-0.39, 0.29) is 6.61 Å². The number of aromatic nitrogens is 3. The number of likely N-dealkylation sites (N-methyl/N-ethyl adjacent to an activating group) is 1. The third kappa shape index (κ3) is 4.46. The molecule has 0 bridgehead atoms. The smallest absolute Gasteiger partial charge is 0.341 e. The summed E-state index contributed by atoms with van der Waals surface area (Å²) in [7, 11) is 0. The molecular weight excluding hydrogens is 376 g/mol. The van der Waals surface area contributed by atoms with Crippen LogP contribution >= 0.6 is 11.3 Å². The van der Waals surface area contributed by atoms with Crippen LogP contribution in [0, 0.1) is 0 Å². The first kappa shape index (κ1) is 20.2. The molecule has 0 spiro atoms. The van der Waals surface area contributed by atoms with E-state index in [2.05, 4.69) is 5.10 Å². The van der Waals surface area contributed by atoms with E-state index in [1.807, 2.05) is 47.5 Å². The van der Waals surface area contributed by atoms with Crippen molar-refractivity contribution < 1.29 is 14.6 Å². The largest absolute Gasteiger partial charge is 0.462 e. The van der Waals surface area contributed by atoms with Gasteiger partial charge in [0.1, 0.15) is 5.56 Å². The quantitative estimate of drug-likeness (QED) is 0.556. The average Bonchev–Trinajstić information content (AvgIpc) is 3.35. The predicted molar refractivity (Wildman–Crippen MR) is 109 cm³/mol. The molecule has 8 heteroatoms. The van der Waals surface area contributed by atoms with Crippen molar-refractivity contribution in [2.75, 3.05) is 26.3 Å². The normalized spacial score (nSPS) is 11.1. The topological polar surface area (TPSA) is 80.5 Å². The van der Waals surface area contributed by atoms with E-state index in [0.29, 0.717) is 36.1 Å². The van der Waals surface area contributed by atoms with Crippen LogP contribution in [-0.4, -0.2) is 57.0 Å². The summed E-state index contributed by atoms with van der Waals surface area (Å²) >= 11 is 1.47. The van der Waals surface area contributed by atoms with E-state index < -0.39 is 5.97 Å². The Kier molecular flexibility index (Phi) is 6.91. The van der Waals surface area contributed by atoms with Crippen LogP contribution in [0.3, 0.4) is 0 Å². The number of nitrogens with zero attached hydrogens (tertiary/aromatic N) is 4. The highest BCUT2D eigenvalue weighted by molar-refractivity contribution is 7.12. The lowest BCUT2D eigenvalue weighted by Crippen LogP contribution is -2.28. The Balaban J connectivity index is 1.98. The highest BCUT2D eigenvalue weighted by atomic mass is 32.1. The number of esters is 1. The van der Waals surface area contributed by atoms with Gasteiger partial charge >= 0.3 is 5.97 Å². The highest BCUT2D eigenvalue weighted by Gasteiger charge is 2.22. The molecule has 0 aliphatic carbocycles. The first-order chi connectivity index (χ1) is 13.7. The Morgan fingerprint density at radius 1 is 1.29 bits per heavy atom. The summed E-state index contributed by atoms with van der Waals surface area (Å²) in [6.07, 6.45) is 1.53. The Morgan fingerprint density at radius 2 is 2.07 bits per heavy atom. The second-order valence-corrected chi connectivity index (χ2v) is 6.95. The standard InChI is InChI=1S/C20H24N4O3S/c1-3-23(10-11-25)13-18-16(19(26)27-4-2)12-21-24(18)20-22-17(14-28-20)15-8-6-5-7-9-15/h5-9,12,14,25H,3-4,10-11,13H2,1-2H3. The maximum absolute atomic E-state index is 12.4. The van der Waals surface area contributed by atoms with Gasteiger partial charge in [-0.3, -0.25) is 4.90 Å². The first-order valence-corrected chi connectivity index (χ1v) is 10.1. The van der Waals surface area contributed by atoms with Gasteiger partial charge in [-0.15, -0.1) is 11.3 Å². The van der Waals surface area contributed by atoms with Crippen LogP contribution in [0.15, 0.2) is 41.9 Å². The minimum Gasteiger partial charge on any atom is -0.462 e. The molecule has 3 aromatic rings. The van der Waals surface area contributed by atoms with Crippen LogP contribution < -0.4 is 0 Å². The van der Waals surface area contributed by atoms with E-state index in [0.717, 1.165) is 17.8 Å². The van der Waals surface area contributed by atoms with Gasteiger partial charge < -0.3 is 9.84 Å². The van der Waals surface area contributed by atoms with Crippen molar-refractivity contribution in [2.24, 2.45) is 0 Å². The Morgan fingerprint density at radius 3 is 2.75 bits per heavy atom. The third-order valence-corrected chi connectivity index (χ3v) is 5.16. The van der Waals surface area contributed by atoms with E-state index in [4.69, 9.17) is 9.72 Å². The van der Waals surface area contributed by atoms with Gasteiger partial charge in [0.2, 0.25) is 5.13 Å². The minimum atomic E-state index is -0.399. The summed E-state index contributed by atoms with van der Waals surface area (Å²) in [5.74, 6) is -0.399. The average molecular weight is 401 g/mol. The van der Waals surface area contributed by atoms with Crippen molar-refractivity contribution in [1.29, 1.82) is 0 Å². The number of aliphatic hydroxyl groups excluding tert-OH is 1. The number of rotatable bonds is 9. The molecule has 2 heterocycles. The predicted octanol–water partition coefficient (Wildman–Crippen LogP) is 2.99. The Labute approximate surface area is 168 Å². The minimum absolute atomic E-state index is 0.0477. The molecule has 0 atom stereocenters. The van der Waals surface area contributed by atoms with Gasteiger partial charge in [-0.05, 0) is 13.5 Å². The molecule has 0 fully saturated rings. The zero-order valence-corrected chi connectivity index (χ0v) is 16.9. The summed E-state index contributed by atoms with van der Waals surface area (Å²) < 4.78 is 6.89. The van der Waals surface area contributed by atoms with Crippen molar-refractivity contribution in [3.63, 3.8) is 0 Å². The Bertz CT molecular complexity index is 907. The summed E-state index contributed by atoms with van der Waals surface area (Å²) in [5.41, 5.74) is 3.03. The molecule has 0 unspecified atom stereocenters. The van der Waals surface area contributed by atoms with E-state index in [1.54, 1.807) is 11.6 Å². The fourth-order valence-electron chi connectivity index (χ4n) is 2.88. The van der Waals surface area contributed by atoms with E-state index in [1.165, 1.54) is 17.5 Å². The van der Waals surface area contributed by atoms with Crippen molar-refractivity contribution in [2.45, 2.75) is 20.4 Å². The zero-order valence-electron chi connectivity index (χ0n) is 16.0. The summed E-state index contributed by atoms with van der Waals surface area (Å²) in [5, 5.41) is 16.4. The van der Waals surface area contributed by atoms with Gasteiger partial charge in [0, 0.05) is 24.0 Å². The zero-order chi connectivity index (χ0) is 19.9. The fourth-order valence-corrected chi connectivity index (χ4v) is 3.69. The molecule has 1 N–H and O–H groups in total. The van der Waals surface area contributed by atoms with Crippen LogP contribution in [0.25, 0.3) is 16.4 Å². The van der Waals surface area contributed by atoms with Gasteiger partial charge in [0.25, 0.3) is 0 Å². The second-order valence-electron chi connectivity index (χ2n) is 6.11. The number of aliphatic hydroxyl groups is 1. The molecule has 0 aliphatic rings. The van der Waals surface area contributed by atoms with Gasteiger partial charge in [-0.1, -0.05) is 37.3 Å². The highest BCUT2D eigenvalue weighted by Crippen LogP contribution is 2.26. The van der Waals surface area contributed by atoms with Crippen molar-refractivity contribution in [1.82, 2.24) is 19.7 Å². The maximum Gasteiger partial charge on any atom is 0.341 e. The van der Waals surface area contributed by atoms with E-state index in [9.17, 15) is 9.90 Å². The fraction of sp³-hybridized carbons (Fsp3) is 0.350. The number of carbonyl (C=O) groups excluding carboxylic acids is 1. The third-order valence-electron chi connectivity index (χ3n) is 4.34. The number of ether oxygens (including phenoxy) is 1. The van der Waals surface area contributed by atoms with Crippen molar-refractivity contribution >= 4 is 17.3 Å². The first-order valence-electron chi connectivity index (χ1n) is 9.26.